The molecule has 5 nitrogen and oxygen atoms in total. The number of hydrogen-bond acceptors (Lipinski definition) is 4. The van der Waals surface area contributed by atoms with Gasteiger partial charge in [0, 0.05) is 12.2 Å². The molecule has 2 unspecified atom stereocenters. The minimum absolute atomic E-state index is 0. The number of nitrogens with one attached hydrogen (secondary N) is 2. The molecule has 1 fully saturated rings. The molecule has 2 rings (SSSR count). The Balaban J connectivity index is 0.00000200. The summed E-state index contributed by atoms with van der Waals surface area (Å²) in [5.41, 5.74) is 0.726. The SMILES string of the molecule is CC(C)Oc1ccc(NC(=O)C2CC(O)CN2)cc1.Cl. The van der Waals surface area contributed by atoms with Crippen LogP contribution < -0.4 is 15.4 Å². The van der Waals surface area contributed by atoms with E-state index in [1.165, 1.54) is 0 Å². The van der Waals surface area contributed by atoms with Crippen molar-refractivity contribution in [2.24, 2.45) is 0 Å². The van der Waals surface area contributed by atoms with Crippen molar-refractivity contribution in [3.8, 4) is 5.75 Å². The predicted octanol–water partition coefficient (Wildman–Crippen LogP) is 1.56. The molecule has 112 valence electrons. The molecule has 0 aliphatic carbocycles. The summed E-state index contributed by atoms with van der Waals surface area (Å²) in [5, 5.41) is 15.2. The first-order chi connectivity index (χ1) is 9.04. The monoisotopic (exact) mass is 300 g/mol. The summed E-state index contributed by atoms with van der Waals surface area (Å²) < 4.78 is 5.53. The topological polar surface area (TPSA) is 70.6 Å². The molecule has 0 radical (unpaired) electrons. The van der Waals surface area contributed by atoms with Crippen LogP contribution in [0.1, 0.15) is 20.3 Å². The number of halogens is 1. The molecular formula is C14H21ClN2O3. The summed E-state index contributed by atoms with van der Waals surface area (Å²) in [4.78, 5) is 11.9. The largest absolute Gasteiger partial charge is 0.491 e. The van der Waals surface area contributed by atoms with Crippen LogP contribution in [0.25, 0.3) is 0 Å². The van der Waals surface area contributed by atoms with E-state index >= 15 is 0 Å². The second-order valence-corrected chi connectivity index (χ2v) is 5.03. The van der Waals surface area contributed by atoms with Crippen LogP contribution in [0, 0.1) is 0 Å². The number of aliphatic hydroxyl groups excluding tert-OH is 1. The first-order valence-corrected chi connectivity index (χ1v) is 6.53. The Hall–Kier alpha value is -1.30. The first kappa shape index (κ1) is 16.8. The second-order valence-electron chi connectivity index (χ2n) is 5.03. The quantitative estimate of drug-likeness (QED) is 0.789. The van der Waals surface area contributed by atoms with Gasteiger partial charge in [0.25, 0.3) is 0 Å². The van der Waals surface area contributed by atoms with Crippen molar-refractivity contribution >= 4 is 24.0 Å². The molecule has 1 amide bonds. The van der Waals surface area contributed by atoms with Crippen molar-refractivity contribution in [2.75, 3.05) is 11.9 Å². The Morgan fingerprint density at radius 2 is 2.05 bits per heavy atom. The van der Waals surface area contributed by atoms with Crippen LogP contribution in [0.15, 0.2) is 24.3 Å². The Bertz CT molecular complexity index is 437. The van der Waals surface area contributed by atoms with Crippen LogP contribution in [0.2, 0.25) is 0 Å². The fourth-order valence-corrected chi connectivity index (χ4v) is 2.04. The van der Waals surface area contributed by atoms with Crippen LogP contribution in [0.4, 0.5) is 5.69 Å². The van der Waals surface area contributed by atoms with Crippen molar-refractivity contribution in [3.63, 3.8) is 0 Å². The number of amides is 1. The third-order valence-corrected chi connectivity index (χ3v) is 2.92. The number of rotatable bonds is 4. The number of benzene rings is 1. The highest BCUT2D eigenvalue weighted by Gasteiger charge is 2.27. The molecule has 1 heterocycles. The lowest BCUT2D eigenvalue weighted by molar-refractivity contribution is -0.117. The average Bonchev–Trinajstić information content (AvgIpc) is 2.78. The van der Waals surface area contributed by atoms with Gasteiger partial charge in [0.05, 0.1) is 18.2 Å². The molecular weight excluding hydrogens is 280 g/mol. The minimum atomic E-state index is -0.433. The summed E-state index contributed by atoms with van der Waals surface area (Å²) in [6, 6.07) is 6.95. The number of carbonyl (C=O) groups excluding carboxylic acids is 1. The van der Waals surface area contributed by atoms with Gasteiger partial charge < -0.3 is 20.5 Å². The van der Waals surface area contributed by atoms with Gasteiger partial charge in [-0.05, 0) is 44.5 Å². The van der Waals surface area contributed by atoms with Crippen molar-refractivity contribution in [2.45, 2.75) is 38.5 Å². The smallest absolute Gasteiger partial charge is 0.241 e. The Kier molecular flexibility index (Phi) is 6.26. The van der Waals surface area contributed by atoms with E-state index in [-0.39, 0.29) is 30.5 Å². The second kappa shape index (κ2) is 7.47. The van der Waals surface area contributed by atoms with Crippen molar-refractivity contribution in [3.05, 3.63) is 24.3 Å². The van der Waals surface area contributed by atoms with Crippen molar-refractivity contribution in [1.29, 1.82) is 0 Å². The number of ether oxygens (including phenoxy) is 1. The minimum Gasteiger partial charge on any atom is -0.491 e. The zero-order chi connectivity index (χ0) is 13.8. The summed E-state index contributed by atoms with van der Waals surface area (Å²) in [5.74, 6) is 0.663. The zero-order valence-electron chi connectivity index (χ0n) is 11.6. The van der Waals surface area contributed by atoms with E-state index in [2.05, 4.69) is 10.6 Å². The summed E-state index contributed by atoms with van der Waals surface area (Å²) >= 11 is 0. The van der Waals surface area contributed by atoms with Crippen molar-refractivity contribution < 1.29 is 14.6 Å². The van der Waals surface area contributed by atoms with Gasteiger partial charge in [0.15, 0.2) is 0 Å². The molecule has 6 heteroatoms. The molecule has 1 aliphatic heterocycles. The van der Waals surface area contributed by atoms with E-state index in [0.717, 1.165) is 11.4 Å². The van der Waals surface area contributed by atoms with Gasteiger partial charge in [-0.3, -0.25) is 4.79 Å². The van der Waals surface area contributed by atoms with Crippen LogP contribution in [-0.4, -0.2) is 35.8 Å². The highest BCUT2D eigenvalue weighted by Crippen LogP contribution is 2.17. The van der Waals surface area contributed by atoms with Gasteiger partial charge in [0.1, 0.15) is 5.75 Å². The summed E-state index contributed by atoms with van der Waals surface area (Å²) in [6.45, 7) is 4.40. The van der Waals surface area contributed by atoms with E-state index in [1.54, 1.807) is 12.1 Å². The molecule has 1 saturated heterocycles. The van der Waals surface area contributed by atoms with E-state index in [0.29, 0.717) is 13.0 Å². The van der Waals surface area contributed by atoms with Gasteiger partial charge in [-0.25, -0.2) is 0 Å². The molecule has 2 atom stereocenters. The molecule has 20 heavy (non-hydrogen) atoms. The average molecular weight is 301 g/mol. The highest BCUT2D eigenvalue weighted by molar-refractivity contribution is 5.95. The number of anilines is 1. The molecule has 3 N–H and O–H groups in total. The van der Waals surface area contributed by atoms with Gasteiger partial charge in [0.2, 0.25) is 5.91 Å². The van der Waals surface area contributed by atoms with Gasteiger partial charge in [-0.2, -0.15) is 0 Å². The summed E-state index contributed by atoms with van der Waals surface area (Å²) in [6.07, 6.45) is 0.155. The number of β-amino-alcohol motifs (C(OH)–C–C–N with tert-alkyl or cyclic N) is 1. The fourth-order valence-electron chi connectivity index (χ4n) is 2.04. The first-order valence-electron chi connectivity index (χ1n) is 6.53. The van der Waals surface area contributed by atoms with Gasteiger partial charge in [-0.1, -0.05) is 0 Å². The third kappa shape index (κ3) is 4.67. The summed E-state index contributed by atoms with van der Waals surface area (Å²) in [7, 11) is 0. The Morgan fingerprint density at radius 3 is 2.55 bits per heavy atom. The lowest BCUT2D eigenvalue weighted by Gasteiger charge is -2.12. The van der Waals surface area contributed by atoms with Crippen LogP contribution >= 0.6 is 12.4 Å². The van der Waals surface area contributed by atoms with E-state index < -0.39 is 6.10 Å². The van der Waals surface area contributed by atoms with E-state index in [9.17, 15) is 9.90 Å². The maximum atomic E-state index is 11.9. The van der Waals surface area contributed by atoms with Crippen LogP contribution in [0.5, 0.6) is 5.75 Å². The maximum Gasteiger partial charge on any atom is 0.241 e. The molecule has 0 spiro atoms. The molecule has 1 aliphatic rings. The normalized spacial score (nSPS) is 21.4. The van der Waals surface area contributed by atoms with E-state index in [1.807, 2.05) is 26.0 Å². The maximum absolute atomic E-state index is 11.9. The van der Waals surface area contributed by atoms with Gasteiger partial charge >= 0.3 is 0 Å². The van der Waals surface area contributed by atoms with Crippen LogP contribution in [-0.2, 0) is 4.79 Å². The predicted molar refractivity (Wildman–Crippen MR) is 80.5 cm³/mol. The van der Waals surface area contributed by atoms with Crippen LogP contribution in [0.3, 0.4) is 0 Å². The van der Waals surface area contributed by atoms with Crippen molar-refractivity contribution in [1.82, 2.24) is 5.32 Å². The lowest BCUT2D eigenvalue weighted by Crippen LogP contribution is -2.35. The molecule has 1 aromatic rings. The standard InChI is InChI=1S/C14H20N2O3.ClH/c1-9(2)19-12-5-3-10(4-6-12)16-14(18)13-7-11(17)8-15-13;/h3-6,9,11,13,15,17H,7-8H2,1-2H3,(H,16,18);1H. The Morgan fingerprint density at radius 1 is 1.40 bits per heavy atom. The number of carbonyl (C=O) groups is 1. The zero-order valence-corrected chi connectivity index (χ0v) is 12.4. The molecule has 0 saturated carbocycles. The highest BCUT2D eigenvalue weighted by atomic mass is 35.5. The number of hydrogen-bond donors (Lipinski definition) is 3. The van der Waals surface area contributed by atoms with E-state index in [4.69, 9.17) is 4.74 Å². The number of aliphatic hydroxyl groups is 1. The molecule has 0 bridgehead atoms. The molecule has 1 aromatic carbocycles. The third-order valence-electron chi connectivity index (χ3n) is 2.92. The fraction of sp³-hybridized carbons (Fsp3) is 0.500. The molecule has 0 aromatic heterocycles. The lowest BCUT2D eigenvalue weighted by atomic mass is 10.2. The van der Waals surface area contributed by atoms with Gasteiger partial charge in [-0.15, -0.1) is 12.4 Å². The Labute approximate surface area is 125 Å².